The van der Waals surface area contributed by atoms with Gasteiger partial charge in [-0.3, -0.25) is 4.79 Å². The smallest absolute Gasteiger partial charge is 0.258 e. The van der Waals surface area contributed by atoms with E-state index in [1.54, 1.807) is 23.1 Å². The van der Waals surface area contributed by atoms with E-state index in [0.29, 0.717) is 52.1 Å². The van der Waals surface area contributed by atoms with Gasteiger partial charge in [-0.2, -0.15) is 4.39 Å². The molecule has 132 valence electrons. The van der Waals surface area contributed by atoms with E-state index in [0.717, 1.165) is 12.0 Å². The van der Waals surface area contributed by atoms with Gasteiger partial charge in [0.25, 0.3) is 5.91 Å². The van der Waals surface area contributed by atoms with Crippen molar-refractivity contribution < 1.29 is 9.18 Å². The van der Waals surface area contributed by atoms with Crippen LogP contribution in [0.1, 0.15) is 35.0 Å². The van der Waals surface area contributed by atoms with Crippen LogP contribution in [-0.2, 0) is 6.54 Å². The second-order valence-electron chi connectivity index (χ2n) is 6.63. The Balaban J connectivity index is 1.97. The van der Waals surface area contributed by atoms with E-state index in [1.165, 1.54) is 6.20 Å². The lowest BCUT2D eigenvalue weighted by Crippen LogP contribution is -2.24. The fourth-order valence-electron chi connectivity index (χ4n) is 3.54. The molecular weight excluding hydrogens is 331 g/mol. The average Bonchev–Trinajstić information content (AvgIpc) is 2.93. The number of nitrogens with two attached hydrogens (primary N) is 1. The minimum absolute atomic E-state index is 0.0810. The van der Waals surface area contributed by atoms with Crippen molar-refractivity contribution >= 4 is 22.5 Å². The fraction of sp³-hybridized carbons (Fsp3) is 0.250. The molecule has 4 rings (SSSR count). The van der Waals surface area contributed by atoms with Gasteiger partial charge in [0, 0.05) is 29.3 Å². The Morgan fingerprint density at radius 3 is 2.88 bits per heavy atom. The summed E-state index contributed by atoms with van der Waals surface area (Å²) < 4.78 is 14.3. The number of benzene rings is 1. The Morgan fingerprint density at radius 2 is 2.12 bits per heavy atom. The van der Waals surface area contributed by atoms with Crippen LogP contribution in [-0.4, -0.2) is 27.3 Å². The first-order valence-corrected chi connectivity index (χ1v) is 8.64. The third-order valence-electron chi connectivity index (χ3n) is 4.73. The number of amides is 1. The standard InChI is InChI=1S/C20H19FN4O/c1-3-7-25-10-15-16(20(25)26)17(22)13-6-4-5-12(18(13)24-15)14-8-11(2)9-23-19(14)21/h4-6,8-9H,3,7,10H2,1-2H3,(H2,22,24). The number of pyridine rings is 2. The van der Waals surface area contributed by atoms with Crippen LogP contribution in [0.25, 0.3) is 22.0 Å². The Hall–Kier alpha value is -3.02. The summed E-state index contributed by atoms with van der Waals surface area (Å²) in [6.45, 7) is 4.98. The molecule has 2 aromatic heterocycles. The quantitative estimate of drug-likeness (QED) is 0.731. The number of nitrogens with zero attached hydrogens (tertiary/aromatic N) is 3. The van der Waals surface area contributed by atoms with E-state index < -0.39 is 5.95 Å². The normalized spacial score (nSPS) is 13.5. The minimum Gasteiger partial charge on any atom is -0.397 e. The van der Waals surface area contributed by atoms with Crippen LogP contribution in [0.2, 0.25) is 0 Å². The van der Waals surface area contributed by atoms with Crippen LogP contribution in [0.5, 0.6) is 0 Å². The lowest BCUT2D eigenvalue weighted by Gasteiger charge is -2.13. The molecule has 26 heavy (non-hydrogen) atoms. The van der Waals surface area contributed by atoms with Gasteiger partial charge in [-0.05, 0) is 25.0 Å². The predicted molar refractivity (Wildman–Crippen MR) is 99.1 cm³/mol. The van der Waals surface area contributed by atoms with Crippen LogP contribution in [0.15, 0.2) is 30.5 Å². The average molecular weight is 350 g/mol. The highest BCUT2D eigenvalue weighted by Crippen LogP contribution is 2.37. The van der Waals surface area contributed by atoms with Gasteiger partial charge in [0.2, 0.25) is 5.95 Å². The molecule has 5 nitrogen and oxygen atoms in total. The molecule has 0 atom stereocenters. The molecule has 0 bridgehead atoms. The van der Waals surface area contributed by atoms with Gasteiger partial charge in [0.15, 0.2) is 0 Å². The van der Waals surface area contributed by atoms with E-state index in [-0.39, 0.29) is 5.91 Å². The summed E-state index contributed by atoms with van der Waals surface area (Å²) in [6, 6.07) is 7.17. The summed E-state index contributed by atoms with van der Waals surface area (Å²) in [6.07, 6.45) is 2.36. The molecule has 0 saturated carbocycles. The second-order valence-corrected chi connectivity index (χ2v) is 6.63. The lowest BCUT2D eigenvalue weighted by molar-refractivity contribution is 0.0779. The molecule has 3 heterocycles. The van der Waals surface area contributed by atoms with Crippen LogP contribution in [0, 0.1) is 12.9 Å². The molecule has 0 fully saturated rings. The lowest BCUT2D eigenvalue weighted by atomic mass is 9.99. The van der Waals surface area contributed by atoms with E-state index in [1.807, 2.05) is 19.9 Å². The number of fused-ring (bicyclic) bond motifs is 2. The van der Waals surface area contributed by atoms with Crippen molar-refractivity contribution in [3.63, 3.8) is 0 Å². The van der Waals surface area contributed by atoms with Gasteiger partial charge < -0.3 is 10.6 Å². The number of anilines is 1. The topological polar surface area (TPSA) is 72.1 Å². The summed E-state index contributed by atoms with van der Waals surface area (Å²) in [4.78, 5) is 22.9. The Bertz CT molecular complexity index is 1050. The number of aryl methyl sites for hydroxylation is 1. The van der Waals surface area contributed by atoms with E-state index in [9.17, 15) is 9.18 Å². The van der Waals surface area contributed by atoms with Gasteiger partial charge in [-0.25, -0.2) is 9.97 Å². The zero-order valence-corrected chi connectivity index (χ0v) is 14.7. The van der Waals surface area contributed by atoms with Crippen LogP contribution < -0.4 is 5.73 Å². The van der Waals surface area contributed by atoms with Gasteiger partial charge >= 0.3 is 0 Å². The maximum atomic E-state index is 14.3. The highest BCUT2D eigenvalue weighted by atomic mass is 19.1. The SMILES string of the molecule is CCCN1Cc2nc3c(-c4cc(C)cnc4F)cccc3c(N)c2C1=O. The highest BCUT2D eigenvalue weighted by molar-refractivity contribution is 6.11. The van der Waals surface area contributed by atoms with Gasteiger partial charge in [-0.1, -0.05) is 25.1 Å². The molecule has 0 unspecified atom stereocenters. The summed E-state index contributed by atoms with van der Waals surface area (Å²) in [5, 5.41) is 0.661. The molecule has 0 spiro atoms. The molecule has 2 N–H and O–H groups in total. The molecular formula is C20H19FN4O. The summed E-state index contributed by atoms with van der Waals surface area (Å²) in [5.41, 5.74) is 10.4. The fourth-order valence-corrected chi connectivity index (χ4v) is 3.54. The predicted octanol–water partition coefficient (Wildman–Crippen LogP) is 3.69. The zero-order chi connectivity index (χ0) is 18.4. The molecule has 1 aliphatic heterocycles. The molecule has 6 heteroatoms. The summed E-state index contributed by atoms with van der Waals surface area (Å²) >= 11 is 0. The summed E-state index contributed by atoms with van der Waals surface area (Å²) in [7, 11) is 0. The second kappa shape index (κ2) is 6.05. The van der Waals surface area contributed by atoms with Crippen molar-refractivity contribution in [2.75, 3.05) is 12.3 Å². The first-order chi connectivity index (χ1) is 12.5. The first kappa shape index (κ1) is 16.4. The van der Waals surface area contributed by atoms with Crippen molar-refractivity contribution in [2.45, 2.75) is 26.8 Å². The van der Waals surface area contributed by atoms with Crippen molar-refractivity contribution in [3.8, 4) is 11.1 Å². The highest BCUT2D eigenvalue weighted by Gasteiger charge is 2.32. The number of carbonyl (C=O) groups is 1. The number of halogens is 1. The minimum atomic E-state index is -0.548. The molecule has 0 saturated heterocycles. The first-order valence-electron chi connectivity index (χ1n) is 8.64. The van der Waals surface area contributed by atoms with E-state index >= 15 is 0 Å². The van der Waals surface area contributed by atoms with Crippen LogP contribution in [0.4, 0.5) is 10.1 Å². The van der Waals surface area contributed by atoms with Crippen LogP contribution >= 0.6 is 0 Å². The zero-order valence-electron chi connectivity index (χ0n) is 14.7. The number of aromatic nitrogens is 2. The molecule has 0 aliphatic carbocycles. The van der Waals surface area contributed by atoms with E-state index in [4.69, 9.17) is 10.7 Å². The van der Waals surface area contributed by atoms with Crippen molar-refractivity contribution in [2.24, 2.45) is 0 Å². The Labute approximate surface area is 150 Å². The number of nitrogen functional groups attached to an aromatic ring is 1. The van der Waals surface area contributed by atoms with Crippen molar-refractivity contribution in [1.82, 2.24) is 14.9 Å². The Morgan fingerprint density at radius 1 is 1.31 bits per heavy atom. The number of hydrogen-bond donors (Lipinski definition) is 1. The van der Waals surface area contributed by atoms with Crippen molar-refractivity contribution in [3.05, 3.63) is 53.2 Å². The molecule has 3 aromatic rings. The monoisotopic (exact) mass is 350 g/mol. The molecule has 0 radical (unpaired) electrons. The van der Waals surface area contributed by atoms with Gasteiger partial charge in [0.1, 0.15) is 0 Å². The number of carbonyl (C=O) groups excluding carboxylic acids is 1. The molecule has 1 amide bonds. The summed E-state index contributed by atoms with van der Waals surface area (Å²) in [5.74, 6) is -0.629. The Kier molecular flexibility index (Phi) is 3.83. The third-order valence-corrected chi connectivity index (χ3v) is 4.73. The van der Waals surface area contributed by atoms with E-state index in [2.05, 4.69) is 4.98 Å². The maximum Gasteiger partial charge on any atom is 0.258 e. The number of rotatable bonds is 3. The largest absolute Gasteiger partial charge is 0.397 e. The van der Waals surface area contributed by atoms with Gasteiger partial charge in [0.05, 0.1) is 29.0 Å². The molecule has 1 aliphatic rings. The molecule has 1 aromatic carbocycles. The van der Waals surface area contributed by atoms with Crippen LogP contribution in [0.3, 0.4) is 0 Å². The van der Waals surface area contributed by atoms with Crippen molar-refractivity contribution in [1.29, 1.82) is 0 Å². The van der Waals surface area contributed by atoms with Gasteiger partial charge in [-0.15, -0.1) is 0 Å². The third kappa shape index (κ3) is 2.41. The number of para-hydroxylation sites is 1. The maximum absolute atomic E-state index is 14.3. The number of hydrogen-bond acceptors (Lipinski definition) is 4.